The highest BCUT2D eigenvalue weighted by molar-refractivity contribution is 6.04. The van der Waals surface area contributed by atoms with Gasteiger partial charge < -0.3 is 23.9 Å². The van der Waals surface area contributed by atoms with Gasteiger partial charge in [0.2, 0.25) is 5.75 Å². The lowest BCUT2D eigenvalue weighted by Gasteiger charge is -2.14. The third-order valence-corrected chi connectivity index (χ3v) is 4.87. The van der Waals surface area contributed by atoms with E-state index in [1.54, 1.807) is 54.9 Å². The number of pyridine rings is 1. The van der Waals surface area contributed by atoms with Crippen LogP contribution < -0.4 is 25.0 Å². The van der Waals surface area contributed by atoms with Crippen LogP contribution in [0, 0.1) is 0 Å². The zero-order valence-electron chi connectivity index (χ0n) is 17.7. The van der Waals surface area contributed by atoms with Crippen molar-refractivity contribution in [3.63, 3.8) is 0 Å². The first kappa shape index (κ1) is 20.9. The van der Waals surface area contributed by atoms with E-state index in [1.165, 1.54) is 27.4 Å². The SMILES string of the molecule is COc1cc2oc(-c3cccc(C(=O)Nc4ccncc4)c3)cc(=O)c2c(OC)c1OC. The number of hydrogen-bond acceptors (Lipinski definition) is 7. The van der Waals surface area contributed by atoms with Gasteiger partial charge in [-0.3, -0.25) is 14.6 Å². The van der Waals surface area contributed by atoms with Gasteiger partial charge in [-0.15, -0.1) is 0 Å². The summed E-state index contributed by atoms with van der Waals surface area (Å²) in [5.74, 6) is 0.900. The second-order valence-electron chi connectivity index (χ2n) is 6.76. The molecule has 0 aliphatic heterocycles. The van der Waals surface area contributed by atoms with Gasteiger partial charge in [-0.05, 0) is 24.3 Å². The largest absolute Gasteiger partial charge is 0.493 e. The molecule has 8 nitrogen and oxygen atoms in total. The predicted octanol–water partition coefficient (Wildman–Crippen LogP) is 4.13. The molecule has 162 valence electrons. The molecular weight excluding hydrogens is 412 g/mol. The molecule has 4 aromatic rings. The molecule has 2 heterocycles. The molecule has 0 atom stereocenters. The molecule has 4 rings (SSSR count). The molecule has 0 aliphatic rings. The van der Waals surface area contributed by atoms with Gasteiger partial charge in [0, 0.05) is 41.3 Å². The molecule has 2 aromatic carbocycles. The van der Waals surface area contributed by atoms with Crippen LogP contribution in [0.4, 0.5) is 5.69 Å². The van der Waals surface area contributed by atoms with E-state index in [-0.39, 0.29) is 28.1 Å². The zero-order chi connectivity index (χ0) is 22.7. The number of methoxy groups -OCH3 is 3. The fraction of sp³-hybridized carbons (Fsp3) is 0.125. The van der Waals surface area contributed by atoms with Crippen molar-refractivity contribution in [1.82, 2.24) is 4.98 Å². The van der Waals surface area contributed by atoms with Crippen LogP contribution in [0.3, 0.4) is 0 Å². The number of benzene rings is 2. The topological polar surface area (TPSA) is 99.9 Å². The molecule has 0 fully saturated rings. The number of nitrogens with one attached hydrogen (secondary N) is 1. The van der Waals surface area contributed by atoms with Gasteiger partial charge in [0.1, 0.15) is 16.7 Å². The summed E-state index contributed by atoms with van der Waals surface area (Å²) in [5.41, 5.74) is 1.56. The molecular formula is C24H20N2O6. The Morgan fingerprint density at radius 3 is 2.38 bits per heavy atom. The average molecular weight is 432 g/mol. The molecule has 0 saturated heterocycles. The van der Waals surface area contributed by atoms with Crippen molar-refractivity contribution in [3.05, 3.63) is 76.7 Å². The number of carbonyl (C=O) groups is 1. The minimum Gasteiger partial charge on any atom is -0.493 e. The summed E-state index contributed by atoms with van der Waals surface area (Å²) in [6, 6.07) is 13.1. The van der Waals surface area contributed by atoms with E-state index in [1.807, 2.05) is 0 Å². The van der Waals surface area contributed by atoms with Crippen molar-refractivity contribution in [2.45, 2.75) is 0 Å². The number of nitrogens with zero attached hydrogens (tertiary/aromatic N) is 1. The summed E-state index contributed by atoms with van der Waals surface area (Å²) < 4.78 is 22.1. The second-order valence-corrected chi connectivity index (χ2v) is 6.76. The molecule has 2 aromatic heterocycles. The molecule has 32 heavy (non-hydrogen) atoms. The summed E-state index contributed by atoms with van der Waals surface area (Å²) in [5, 5.41) is 3.04. The smallest absolute Gasteiger partial charge is 0.255 e. The second kappa shape index (κ2) is 8.81. The lowest BCUT2D eigenvalue weighted by Crippen LogP contribution is -2.12. The number of hydrogen-bond donors (Lipinski definition) is 1. The Hall–Kier alpha value is -4.33. The molecule has 0 saturated carbocycles. The number of amides is 1. The summed E-state index contributed by atoms with van der Waals surface area (Å²) in [6.07, 6.45) is 3.18. The molecule has 0 aliphatic carbocycles. The van der Waals surface area contributed by atoms with E-state index in [4.69, 9.17) is 18.6 Å². The van der Waals surface area contributed by atoms with Crippen LogP contribution in [0.2, 0.25) is 0 Å². The lowest BCUT2D eigenvalue weighted by molar-refractivity contribution is 0.102. The van der Waals surface area contributed by atoms with Gasteiger partial charge in [-0.1, -0.05) is 12.1 Å². The fourth-order valence-corrected chi connectivity index (χ4v) is 3.38. The van der Waals surface area contributed by atoms with Crippen molar-refractivity contribution >= 4 is 22.6 Å². The van der Waals surface area contributed by atoms with Crippen molar-refractivity contribution < 1.29 is 23.4 Å². The van der Waals surface area contributed by atoms with Crippen molar-refractivity contribution in [2.24, 2.45) is 0 Å². The average Bonchev–Trinajstić information content (AvgIpc) is 2.83. The highest BCUT2D eigenvalue weighted by Crippen LogP contribution is 2.42. The third kappa shape index (κ3) is 3.85. The molecule has 0 unspecified atom stereocenters. The van der Waals surface area contributed by atoms with E-state index in [2.05, 4.69) is 10.3 Å². The Morgan fingerprint density at radius 2 is 1.69 bits per heavy atom. The van der Waals surface area contributed by atoms with Crippen molar-refractivity contribution in [1.29, 1.82) is 0 Å². The maximum absolute atomic E-state index is 13.0. The third-order valence-electron chi connectivity index (χ3n) is 4.87. The summed E-state index contributed by atoms with van der Waals surface area (Å²) in [6.45, 7) is 0. The highest BCUT2D eigenvalue weighted by atomic mass is 16.5. The van der Waals surface area contributed by atoms with Crippen LogP contribution in [0.5, 0.6) is 17.2 Å². The highest BCUT2D eigenvalue weighted by Gasteiger charge is 2.21. The van der Waals surface area contributed by atoms with Gasteiger partial charge in [-0.25, -0.2) is 0 Å². The van der Waals surface area contributed by atoms with Gasteiger partial charge in [0.05, 0.1) is 21.3 Å². The Kier molecular flexibility index (Phi) is 5.76. The van der Waals surface area contributed by atoms with Crippen LogP contribution in [0.15, 0.2) is 70.1 Å². The minimum atomic E-state index is -0.314. The molecule has 8 heteroatoms. The monoisotopic (exact) mass is 432 g/mol. The maximum atomic E-state index is 13.0. The van der Waals surface area contributed by atoms with Gasteiger partial charge in [-0.2, -0.15) is 0 Å². The number of fused-ring (bicyclic) bond motifs is 1. The number of aromatic nitrogens is 1. The molecule has 1 amide bonds. The number of rotatable bonds is 6. The van der Waals surface area contributed by atoms with E-state index >= 15 is 0 Å². The molecule has 0 bridgehead atoms. The fourth-order valence-electron chi connectivity index (χ4n) is 3.38. The van der Waals surface area contributed by atoms with Crippen LogP contribution in [-0.4, -0.2) is 32.2 Å². The molecule has 1 N–H and O–H groups in total. The minimum absolute atomic E-state index is 0.229. The normalized spacial score (nSPS) is 10.6. The summed E-state index contributed by atoms with van der Waals surface area (Å²) >= 11 is 0. The van der Waals surface area contributed by atoms with Gasteiger partial charge in [0.15, 0.2) is 16.9 Å². The van der Waals surface area contributed by atoms with Gasteiger partial charge >= 0.3 is 0 Å². The first-order valence-electron chi connectivity index (χ1n) is 9.64. The zero-order valence-corrected chi connectivity index (χ0v) is 17.7. The van der Waals surface area contributed by atoms with E-state index in [9.17, 15) is 9.59 Å². The van der Waals surface area contributed by atoms with Crippen LogP contribution >= 0.6 is 0 Å². The Labute approximate surface area is 183 Å². The van der Waals surface area contributed by atoms with Crippen LogP contribution in [-0.2, 0) is 0 Å². The number of ether oxygens (including phenoxy) is 3. The van der Waals surface area contributed by atoms with Crippen molar-refractivity contribution in [2.75, 3.05) is 26.6 Å². The first-order valence-corrected chi connectivity index (χ1v) is 9.64. The summed E-state index contributed by atoms with van der Waals surface area (Å²) in [7, 11) is 4.38. The Balaban J connectivity index is 1.78. The van der Waals surface area contributed by atoms with Crippen LogP contribution in [0.25, 0.3) is 22.3 Å². The van der Waals surface area contributed by atoms with Crippen molar-refractivity contribution in [3.8, 4) is 28.6 Å². The Bertz CT molecular complexity index is 1350. The summed E-state index contributed by atoms with van der Waals surface area (Å²) in [4.78, 5) is 29.5. The molecule has 0 spiro atoms. The number of carbonyl (C=O) groups excluding carboxylic acids is 1. The lowest BCUT2D eigenvalue weighted by atomic mass is 10.1. The van der Waals surface area contributed by atoms with E-state index < -0.39 is 0 Å². The Morgan fingerprint density at radius 1 is 0.938 bits per heavy atom. The maximum Gasteiger partial charge on any atom is 0.255 e. The van der Waals surface area contributed by atoms with Crippen LogP contribution in [0.1, 0.15) is 10.4 Å². The van der Waals surface area contributed by atoms with Gasteiger partial charge in [0.25, 0.3) is 5.91 Å². The van der Waals surface area contributed by atoms with E-state index in [0.717, 1.165) is 0 Å². The quantitative estimate of drug-likeness (QED) is 0.489. The van der Waals surface area contributed by atoms with E-state index in [0.29, 0.717) is 34.1 Å². The first-order chi connectivity index (χ1) is 15.5. The number of anilines is 1. The standard InChI is InChI=1S/C24H20N2O6/c1-29-20-13-19-21(23(31-3)22(20)30-2)17(27)12-18(32-19)14-5-4-6-15(11-14)24(28)26-16-7-9-25-10-8-16/h4-13H,1-3H3,(H,25,26,28). The predicted molar refractivity (Wildman–Crippen MR) is 120 cm³/mol. The molecule has 0 radical (unpaired) electrons.